The lowest BCUT2D eigenvalue weighted by molar-refractivity contribution is -0.148. The molecule has 0 unspecified atom stereocenters. The summed E-state index contributed by atoms with van der Waals surface area (Å²) in [5.74, 6) is -0.857. The van der Waals surface area contributed by atoms with Gasteiger partial charge in [0.25, 0.3) is 0 Å². The summed E-state index contributed by atoms with van der Waals surface area (Å²) in [4.78, 5) is 24.1. The summed E-state index contributed by atoms with van der Waals surface area (Å²) in [5, 5.41) is 8.91. The standard InChI is InChI=1S/C11H19NO3/c1-2-3-4-7-10(13)12-8-5-6-9(12)11(14)15/h9H,2-8H2,1H3,(H,14,15)/t9-/m1/s1. The molecule has 4 heteroatoms. The van der Waals surface area contributed by atoms with Crippen LogP contribution in [0.25, 0.3) is 0 Å². The number of hydrogen-bond donors (Lipinski definition) is 1. The number of carbonyl (C=O) groups is 2. The molecule has 0 bridgehead atoms. The van der Waals surface area contributed by atoms with Gasteiger partial charge in [0, 0.05) is 13.0 Å². The minimum absolute atomic E-state index is 0.00773. The van der Waals surface area contributed by atoms with Gasteiger partial charge in [0.2, 0.25) is 5.91 Å². The fraction of sp³-hybridized carbons (Fsp3) is 0.818. The van der Waals surface area contributed by atoms with Crippen molar-refractivity contribution in [2.75, 3.05) is 6.54 Å². The molecule has 0 saturated carbocycles. The average Bonchev–Trinajstić information content (AvgIpc) is 2.66. The number of likely N-dealkylation sites (tertiary alicyclic amines) is 1. The number of carbonyl (C=O) groups excluding carboxylic acids is 1. The summed E-state index contributed by atoms with van der Waals surface area (Å²) >= 11 is 0. The van der Waals surface area contributed by atoms with Crippen LogP contribution in [0.2, 0.25) is 0 Å². The monoisotopic (exact) mass is 213 g/mol. The third-order valence-electron chi connectivity index (χ3n) is 2.85. The maximum absolute atomic E-state index is 11.7. The highest BCUT2D eigenvalue weighted by molar-refractivity contribution is 5.84. The summed E-state index contributed by atoms with van der Waals surface area (Å²) in [6, 6.07) is -0.570. The van der Waals surface area contributed by atoms with E-state index in [0.717, 1.165) is 25.7 Å². The Morgan fingerprint density at radius 2 is 2.13 bits per heavy atom. The van der Waals surface area contributed by atoms with Crippen molar-refractivity contribution in [2.45, 2.75) is 51.5 Å². The van der Waals surface area contributed by atoms with Crippen LogP contribution >= 0.6 is 0 Å². The van der Waals surface area contributed by atoms with Gasteiger partial charge in [-0.25, -0.2) is 4.79 Å². The van der Waals surface area contributed by atoms with Gasteiger partial charge in [-0.15, -0.1) is 0 Å². The van der Waals surface area contributed by atoms with Gasteiger partial charge in [-0.05, 0) is 19.3 Å². The first-order valence-electron chi connectivity index (χ1n) is 5.69. The van der Waals surface area contributed by atoms with Crippen LogP contribution in [0.3, 0.4) is 0 Å². The molecule has 0 spiro atoms. The Kier molecular flexibility index (Phi) is 4.59. The molecule has 1 fully saturated rings. The van der Waals surface area contributed by atoms with Crippen LogP contribution in [0, 0.1) is 0 Å². The van der Waals surface area contributed by atoms with Crippen molar-refractivity contribution >= 4 is 11.9 Å². The van der Waals surface area contributed by atoms with Crippen LogP contribution in [0.15, 0.2) is 0 Å². The highest BCUT2D eigenvalue weighted by atomic mass is 16.4. The predicted molar refractivity (Wildman–Crippen MR) is 56.5 cm³/mol. The number of hydrogen-bond acceptors (Lipinski definition) is 2. The average molecular weight is 213 g/mol. The molecule has 0 radical (unpaired) electrons. The second-order valence-electron chi connectivity index (χ2n) is 4.04. The van der Waals surface area contributed by atoms with Crippen molar-refractivity contribution in [1.82, 2.24) is 4.90 Å². The summed E-state index contributed by atoms with van der Waals surface area (Å²) in [6.07, 6.45) is 4.91. The smallest absolute Gasteiger partial charge is 0.326 e. The van der Waals surface area contributed by atoms with Crippen LogP contribution in [-0.4, -0.2) is 34.5 Å². The lowest BCUT2D eigenvalue weighted by atomic mass is 10.1. The number of unbranched alkanes of at least 4 members (excludes halogenated alkanes) is 2. The van der Waals surface area contributed by atoms with E-state index in [1.807, 2.05) is 0 Å². The highest BCUT2D eigenvalue weighted by Gasteiger charge is 2.33. The molecule has 1 N–H and O–H groups in total. The van der Waals surface area contributed by atoms with E-state index in [0.29, 0.717) is 19.4 Å². The Morgan fingerprint density at radius 1 is 1.40 bits per heavy atom. The third-order valence-corrected chi connectivity index (χ3v) is 2.85. The van der Waals surface area contributed by atoms with Crippen molar-refractivity contribution in [3.05, 3.63) is 0 Å². The molecule has 1 atom stereocenters. The minimum Gasteiger partial charge on any atom is -0.480 e. The van der Waals surface area contributed by atoms with Crippen molar-refractivity contribution in [3.8, 4) is 0 Å². The van der Waals surface area contributed by atoms with E-state index >= 15 is 0 Å². The fourth-order valence-electron chi connectivity index (χ4n) is 1.99. The predicted octanol–water partition coefficient (Wildman–Crippen LogP) is 1.64. The lowest BCUT2D eigenvalue weighted by Crippen LogP contribution is -2.40. The van der Waals surface area contributed by atoms with Crippen LogP contribution in [0.1, 0.15) is 45.4 Å². The normalized spacial score (nSPS) is 20.6. The molecule has 0 aromatic carbocycles. The van der Waals surface area contributed by atoms with Gasteiger partial charge in [-0.2, -0.15) is 0 Å². The molecule has 0 aliphatic carbocycles. The van der Waals surface area contributed by atoms with Gasteiger partial charge >= 0.3 is 5.97 Å². The Morgan fingerprint density at radius 3 is 2.73 bits per heavy atom. The van der Waals surface area contributed by atoms with Gasteiger partial charge in [0.1, 0.15) is 6.04 Å². The topological polar surface area (TPSA) is 57.6 Å². The Bertz CT molecular complexity index is 240. The Labute approximate surface area is 90.3 Å². The van der Waals surface area contributed by atoms with Crippen molar-refractivity contribution in [1.29, 1.82) is 0 Å². The van der Waals surface area contributed by atoms with Gasteiger partial charge in [-0.3, -0.25) is 4.79 Å². The Balaban J connectivity index is 2.40. The first-order valence-corrected chi connectivity index (χ1v) is 5.69. The van der Waals surface area contributed by atoms with E-state index in [9.17, 15) is 9.59 Å². The van der Waals surface area contributed by atoms with Crippen LogP contribution < -0.4 is 0 Å². The fourth-order valence-corrected chi connectivity index (χ4v) is 1.99. The molecule has 86 valence electrons. The molecule has 1 heterocycles. The third kappa shape index (κ3) is 3.22. The van der Waals surface area contributed by atoms with E-state index in [-0.39, 0.29) is 5.91 Å². The number of carboxylic acids is 1. The van der Waals surface area contributed by atoms with Gasteiger partial charge in [-0.1, -0.05) is 19.8 Å². The number of amides is 1. The molecular weight excluding hydrogens is 194 g/mol. The molecule has 0 aromatic rings. The summed E-state index contributed by atoms with van der Waals surface area (Å²) in [5.41, 5.74) is 0. The minimum atomic E-state index is -0.864. The van der Waals surface area contributed by atoms with Crippen molar-refractivity contribution in [2.24, 2.45) is 0 Å². The largest absolute Gasteiger partial charge is 0.480 e. The molecule has 0 aromatic heterocycles. The van der Waals surface area contributed by atoms with Gasteiger partial charge in [0.15, 0.2) is 0 Å². The Hall–Kier alpha value is -1.06. The maximum Gasteiger partial charge on any atom is 0.326 e. The first-order chi connectivity index (χ1) is 7.16. The molecular formula is C11H19NO3. The van der Waals surface area contributed by atoms with Gasteiger partial charge in [0.05, 0.1) is 0 Å². The van der Waals surface area contributed by atoms with Crippen LogP contribution in [0.5, 0.6) is 0 Å². The van der Waals surface area contributed by atoms with E-state index < -0.39 is 12.0 Å². The van der Waals surface area contributed by atoms with Crippen LogP contribution in [0.4, 0.5) is 0 Å². The second kappa shape index (κ2) is 5.73. The molecule has 1 amide bonds. The first kappa shape index (κ1) is 12.0. The molecule has 1 aliphatic heterocycles. The van der Waals surface area contributed by atoms with E-state index in [4.69, 9.17) is 5.11 Å². The quantitative estimate of drug-likeness (QED) is 0.706. The van der Waals surface area contributed by atoms with E-state index in [1.165, 1.54) is 4.90 Å². The number of aliphatic carboxylic acids is 1. The number of rotatable bonds is 5. The van der Waals surface area contributed by atoms with E-state index in [1.54, 1.807) is 0 Å². The number of nitrogens with zero attached hydrogens (tertiary/aromatic N) is 1. The van der Waals surface area contributed by atoms with Gasteiger partial charge < -0.3 is 10.0 Å². The molecule has 1 aliphatic rings. The summed E-state index contributed by atoms with van der Waals surface area (Å²) in [6.45, 7) is 2.70. The second-order valence-corrected chi connectivity index (χ2v) is 4.04. The van der Waals surface area contributed by atoms with E-state index in [2.05, 4.69) is 6.92 Å². The highest BCUT2D eigenvalue weighted by Crippen LogP contribution is 2.19. The molecule has 1 saturated heterocycles. The van der Waals surface area contributed by atoms with Crippen LogP contribution in [-0.2, 0) is 9.59 Å². The van der Waals surface area contributed by atoms with Crippen molar-refractivity contribution < 1.29 is 14.7 Å². The zero-order chi connectivity index (χ0) is 11.3. The lowest BCUT2D eigenvalue weighted by Gasteiger charge is -2.21. The zero-order valence-corrected chi connectivity index (χ0v) is 9.24. The molecule has 4 nitrogen and oxygen atoms in total. The zero-order valence-electron chi connectivity index (χ0n) is 9.24. The summed E-state index contributed by atoms with van der Waals surface area (Å²) < 4.78 is 0. The molecule has 1 rings (SSSR count). The maximum atomic E-state index is 11.7. The number of carboxylic acid groups (broad SMARTS) is 1. The molecule has 15 heavy (non-hydrogen) atoms. The van der Waals surface area contributed by atoms with Crippen molar-refractivity contribution in [3.63, 3.8) is 0 Å². The summed E-state index contributed by atoms with van der Waals surface area (Å²) in [7, 11) is 0. The SMILES string of the molecule is CCCCCC(=O)N1CCC[C@@H]1C(=O)O.